The molecule has 0 aromatic heterocycles. The van der Waals surface area contributed by atoms with Crippen molar-refractivity contribution in [2.75, 3.05) is 19.8 Å². The maximum Gasteiger partial charge on any atom is 0.0620 e. The summed E-state index contributed by atoms with van der Waals surface area (Å²) in [7, 11) is -0.579. The molecule has 1 N–H and O–H groups in total. The summed E-state index contributed by atoms with van der Waals surface area (Å²) in [6.45, 7) is 12.5. The lowest BCUT2D eigenvalue weighted by molar-refractivity contribution is 0.0770. The molecule has 1 aliphatic heterocycles. The standard InChI is InChI=1S/C10H23NOSi/c1-10(2,13(3)4)8-12-7-9-5-6-11-9/h9,11,13H,5-8H2,1-4H3/t9-/m0/s1. The Labute approximate surface area is 83.7 Å². The molecule has 0 aliphatic carbocycles. The van der Waals surface area contributed by atoms with E-state index in [1.165, 1.54) is 13.0 Å². The fourth-order valence-corrected chi connectivity index (χ4v) is 1.57. The molecule has 0 radical (unpaired) electrons. The van der Waals surface area contributed by atoms with E-state index in [4.69, 9.17) is 4.74 Å². The number of hydrogen-bond acceptors (Lipinski definition) is 2. The molecule has 1 atom stereocenters. The molecule has 78 valence electrons. The number of nitrogens with one attached hydrogen (secondary N) is 1. The quantitative estimate of drug-likeness (QED) is 0.683. The molecule has 1 heterocycles. The van der Waals surface area contributed by atoms with Crippen LogP contribution in [0.4, 0.5) is 0 Å². The van der Waals surface area contributed by atoms with Crippen molar-refractivity contribution in [2.24, 2.45) is 0 Å². The predicted molar refractivity (Wildman–Crippen MR) is 60.1 cm³/mol. The van der Waals surface area contributed by atoms with E-state index < -0.39 is 8.80 Å². The highest BCUT2D eigenvalue weighted by Gasteiger charge is 2.24. The Morgan fingerprint density at radius 3 is 2.46 bits per heavy atom. The van der Waals surface area contributed by atoms with Gasteiger partial charge in [-0.1, -0.05) is 26.9 Å². The van der Waals surface area contributed by atoms with Gasteiger partial charge in [0.15, 0.2) is 0 Å². The second-order valence-electron chi connectivity index (χ2n) is 5.10. The molecular weight excluding hydrogens is 178 g/mol. The summed E-state index contributed by atoms with van der Waals surface area (Å²) in [6.07, 6.45) is 1.29. The molecule has 0 aromatic rings. The van der Waals surface area contributed by atoms with Gasteiger partial charge in [-0.15, -0.1) is 0 Å². The van der Waals surface area contributed by atoms with E-state index in [9.17, 15) is 0 Å². The first-order valence-corrected chi connectivity index (χ1v) is 8.22. The largest absolute Gasteiger partial charge is 0.380 e. The Kier molecular flexibility index (Phi) is 3.95. The van der Waals surface area contributed by atoms with Gasteiger partial charge in [0.05, 0.1) is 6.61 Å². The monoisotopic (exact) mass is 201 g/mol. The summed E-state index contributed by atoms with van der Waals surface area (Å²) in [5.41, 5.74) is 0. The average molecular weight is 201 g/mol. The first-order chi connectivity index (χ1) is 6.02. The van der Waals surface area contributed by atoms with Crippen LogP contribution in [0.15, 0.2) is 0 Å². The average Bonchev–Trinajstić information content (AvgIpc) is 1.94. The van der Waals surface area contributed by atoms with Crippen molar-refractivity contribution in [1.82, 2.24) is 5.32 Å². The van der Waals surface area contributed by atoms with Gasteiger partial charge < -0.3 is 10.1 Å². The zero-order chi connectivity index (χ0) is 9.90. The molecule has 13 heavy (non-hydrogen) atoms. The third-order valence-electron chi connectivity index (χ3n) is 3.28. The second-order valence-corrected chi connectivity index (χ2v) is 8.97. The molecule has 1 fully saturated rings. The van der Waals surface area contributed by atoms with E-state index in [0.29, 0.717) is 11.1 Å². The molecule has 0 unspecified atom stereocenters. The van der Waals surface area contributed by atoms with Crippen LogP contribution in [0.1, 0.15) is 20.3 Å². The maximum absolute atomic E-state index is 5.74. The van der Waals surface area contributed by atoms with Crippen molar-refractivity contribution in [2.45, 2.75) is 44.4 Å². The normalized spacial score (nSPS) is 23.3. The summed E-state index contributed by atoms with van der Waals surface area (Å²) in [5.74, 6) is 0. The lowest BCUT2D eigenvalue weighted by atomic mass is 10.1. The van der Waals surface area contributed by atoms with Gasteiger partial charge in [0.25, 0.3) is 0 Å². The Bertz CT molecular complexity index is 155. The van der Waals surface area contributed by atoms with Crippen LogP contribution in [0.2, 0.25) is 18.1 Å². The van der Waals surface area contributed by atoms with E-state index >= 15 is 0 Å². The lowest BCUT2D eigenvalue weighted by Crippen LogP contribution is -2.46. The fourth-order valence-electron chi connectivity index (χ4n) is 1.12. The van der Waals surface area contributed by atoms with Crippen molar-refractivity contribution in [3.05, 3.63) is 0 Å². The van der Waals surface area contributed by atoms with E-state index in [1.54, 1.807) is 0 Å². The van der Waals surface area contributed by atoms with E-state index in [1.807, 2.05) is 0 Å². The molecule has 0 saturated carbocycles. The summed E-state index contributed by atoms with van der Waals surface area (Å²) < 4.78 is 5.74. The molecule has 2 nitrogen and oxygen atoms in total. The van der Waals surface area contributed by atoms with Crippen molar-refractivity contribution in [1.29, 1.82) is 0 Å². The first-order valence-electron chi connectivity index (χ1n) is 5.33. The minimum atomic E-state index is -0.579. The maximum atomic E-state index is 5.74. The summed E-state index contributed by atoms with van der Waals surface area (Å²) >= 11 is 0. The Balaban J connectivity index is 2.09. The fraction of sp³-hybridized carbons (Fsp3) is 1.00. The van der Waals surface area contributed by atoms with E-state index in [-0.39, 0.29) is 0 Å². The van der Waals surface area contributed by atoms with Crippen molar-refractivity contribution in [3.8, 4) is 0 Å². The molecule has 1 rings (SSSR count). The highest BCUT2D eigenvalue weighted by molar-refractivity contribution is 6.59. The van der Waals surface area contributed by atoms with Crippen LogP contribution in [0, 0.1) is 0 Å². The Morgan fingerprint density at radius 1 is 1.46 bits per heavy atom. The third-order valence-corrected chi connectivity index (χ3v) is 6.57. The minimum Gasteiger partial charge on any atom is -0.380 e. The molecule has 3 heteroatoms. The highest BCUT2D eigenvalue weighted by Crippen LogP contribution is 2.28. The minimum absolute atomic E-state index is 0.448. The van der Waals surface area contributed by atoms with Crippen molar-refractivity contribution < 1.29 is 4.74 Å². The van der Waals surface area contributed by atoms with Gasteiger partial charge in [-0.25, -0.2) is 0 Å². The lowest BCUT2D eigenvalue weighted by Gasteiger charge is -2.31. The van der Waals surface area contributed by atoms with Crippen LogP contribution >= 0.6 is 0 Å². The van der Waals surface area contributed by atoms with Crippen molar-refractivity contribution in [3.63, 3.8) is 0 Å². The van der Waals surface area contributed by atoms with Crippen LogP contribution in [0.5, 0.6) is 0 Å². The van der Waals surface area contributed by atoms with Crippen LogP contribution in [0.3, 0.4) is 0 Å². The SMILES string of the molecule is C[SiH](C)C(C)(C)COC[C@@H]1CCN1. The van der Waals surface area contributed by atoms with Crippen molar-refractivity contribution >= 4 is 8.80 Å². The van der Waals surface area contributed by atoms with Gasteiger partial charge in [-0.05, 0) is 18.0 Å². The van der Waals surface area contributed by atoms with Crippen LogP contribution in [0.25, 0.3) is 0 Å². The van der Waals surface area contributed by atoms with Gasteiger partial charge in [0.1, 0.15) is 0 Å². The van der Waals surface area contributed by atoms with Crippen LogP contribution < -0.4 is 5.32 Å². The van der Waals surface area contributed by atoms with Gasteiger partial charge in [-0.3, -0.25) is 0 Å². The van der Waals surface area contributed by atoms with E-state index in [0.717, 1.165) is 13.2 Å². The molecule has 0 amide bonds. The molecule has 0 aromatic carbocycles. The summed E-state index contributed by atoms with van der Waals surface area (Å²) in [4.78, 5) is 0. The zero-order valence-corrected chi connectivity index (χ0v) is 10.5. The number of hydrogen-bond donors (Lipinski definition) is 1. The molecular formula is C10H23NOSi. The Hall–Kier alpha value is 0.137. The second kappa shape index (κ2) is 4.58. The highest BCUT2D eigenvalue weighted by atomic mass is 28.3. The Morgan fingerprint density at radius 2 is 2.08 bits per heavy atom. The molecule has 1 saturated heterocycles. The predicted octanol–water partition coefficient (Wildman–Crippen LogP) is 1.63. The first kappa shape index (κ1) is 11.2. The number of ether oxygens (including phenoxy) is 1. The molecule has 0 spiro atoms. The third kappa shape index (κ3) is 3.41. The molecule has 0 bridgehead atoms. The summed E-state index contributed by atoms with van der Waals surface area (Å²) in [6, 6.07) is 0.643. The van der Waals surface area contributed by atoms with Crippen LogP contribution in [-0.4, -0.2) is 34.6 Å². The smallest absolute Gasteiger partial charge is 0.0620 e. The van der Waals surface area contributed by atoms with Gasteiger partial charge in [-0.2, -0.15) is 0 Å². The topological polar surface area (TPSA) is 21.3 Å². The van der Waals surface area contributed by atoms with E-state index in [2.05, 4.69) is 32.3 Å². The zero-order valence-electron chi connectivity index (χ0n) is 9.39. The van der Waals surface area contributed by atoms with Crippen LogP contribution in [-0.2, 0) is 4.74 Å². The van der Waals surface area contributed by atoms with Gasteiger partial charge in [0.2, 0.25) is 0 Å². The summed E-state index contributed by atoms with van der Waals surface area (Å²) in [5, 5.41) is 3.80. The van der Waals surface area contributed by atoms with Gasteiger partial charge in [0, 0.05) is 21.4 Å². The molecule has 1 aliphatic rings. The number of rotatable bonds is 5. The van der Waals surface area contributed by atoms with Gasteiger partial charge >= 0.3 is 0 Å².